The van der Waals surface area contributed by atoms with E-state index in [1.807, 2.05) is 31.2 Å². The molecule has 1 N–H and O–H groups in total. The summed E-state index contributed by atoms with van der Waals surface area (Å²) in [6, 6.07) is 13.0. The van der Waals surface area contributed by atoms with Crippen LogP contribution in [0.2, 0.25) is 0 Å². The van der Waals surface area contributed by atoms with E-state index in [9.17, 15) is 9.90 Å². The van der Waals surface area contributed by atoms with Gasteiger partial charge in [-0.05, 0) is 36.6 Å². The minimum atomic E-state index is -0.558. The minimum Gasteiger partial charge on any atom is -0.508 e. The van der Waals surface area contributed by atoms with Crippen LogP contribution < -0.4 is 9.64 Å². The molecule has 0 radical (unpaired) electrons. The maximum atomic E-state index is 12.9. The summed E-state index contributed by atoms with van der Waals surface area (Å²) in [5.41, 5.74) is 3.00. The second-order valence-electron chi connectivity index (χ2n) is 6.23. The number of rotatable bonds is 5. The molecule has 4 nitrogen and oxygen atoms in total. The van der Waals surface area contributed by atoms with Crippen LogP contribution in [0.4, 0.5) is 5.69 Å². The molecular weight excluding hydrogens is 302 g/mol. The minimum absolute atomic E-state index is 0.00936. The molecule has 2 aromatic rings. The molecule has 0 aromatic heterocycles. The molecule has 0 spiro atoms. The van der Waals surface area contributed by atoms with Crippen molar-refractivity contribution in [3.8, 4) is 11.5 Å². The van der Waals surface area contributed by atoms with Gasteiger partial charge in [0.05, 0.1) is 5.69 Å². The van der Waals surface area contributed by atoms with E-state index in [0.717, 1.165) is 29.7 Å². The van der Waals surface area contributed by atoms with Gasteiger partial charge in [-0.3, -0.25) is 4.79 Å². The second-order valence-corrected chi connectivity index (χ2v) is 6.23. The summed E-state index contributed by atoms with van der Waals surface area (Å²) >= 11 is 0. The van der Waals surface area contributed by atoms with Crippen LogP contribution in [0.1, 0.15) is 30.9 Å². The lowest BCUT2D eigenvalue weighted by molar-refractivity contribution is -0.126. The standard InChI is InChI=1S/C20H23NO3/c1-3-4-11-21-17-10-9-16(22)13-18(17)24-19(20(21)23)12-15-8-6-5-7-14(15)2/h5-10,13,19,22H,3-4,11-12H2,1-2H3. The monoisotopic (exact) mass is 325 g/mol. The first-order valence-electron chi connectivity index (χ1n) is 8.45. The lowest BCUT2D eigenvalue weighted by Crippen LogP contribution is -2.47. The molecule has 3 rings (SSSR count). The highest BCUT2D eigenvalue weighted by atomic mass is 16.5. The van der Waals surface area contributed by atoms with Gasteiger partial charge in [0, 0.05) is 19.0 Å². The number of fused-ring (bicyclic) bond motifs is 1. The zero-order chi connectivity index (χ0) is 17.1. The third-order valence-corrected chi connectivity index (χ3v) is 4.45. The number of carbonyl (C=O) groups is 1. The maximum absolute atomic E-state index is 12.9. The largest absolute Gasteiger partial charge is 0.508 e. The molecule has 0 saturated carbocycles. The first kappa shape index (κ1) is 16.4. The van der Waals surface area contributed by atoms with Crippen LogP contribution in [0.3, 0.4) is 0 Å². The van der Waals surface area contributed by atoms with Crippen molar-refractivity contribution in [1.82, 2.24) is 0 Å². The van der Waals surface area contributed by atoms with Gasteiger partial charge in [0.25, 0.3) is 5.91 Å². The maximum Gasteiger partial charge on any atom is 0.268 e. The highest BCUT2D eigenvalue weighted by Gasteiger charge is 2.34. The lowest BCUT2D eigenvalue weighted by atomic mass is 10.0. The number of anilines is 1. The first-order chi connectivity index (χ1) is 11.6. The summed E-state index contributed by atoms with van der Waals surface area (Å²) in [7, 11) is 0. The van der Waals surface area contributed by atoms with Gasteiger partial charge in [0.2, 0.25) is 0 Å². The Morgan fingerprint density at radius 3 is 2.75 bits per heavy atom. The predicted octanol–water partition coefficient (Wildman–Crippen LogP) is 3.84. The molecule has 0 aliphatic carbocycles. The molecule has 0 bridgehead atoms. The van der Waals surface area contributed by atoms with E-state index in [1.165, 1.54) is 0 Å². The number of phenols is 1. The van der Waals surface area contributed by atoms with Gasteiger partial charge >= 0.3 is 0 Å². The summed E-state index contributed by atoms with van der Waals surface area (Å²) in [5, 5.41) is 9.75. The Balaban J connectivity index is 1.91. The fourth-order valence-electron chi connectivity index (χ4n) is 3.03. The molecule has 0 saturated heterocycles. The first-order valence-corrected chi connectivity index (χ1v) is 8.45. The van der Waals surface area contributed by atoms with E-state index in [4.69, 9.17) is 4.74 Å². The van der Waals surface area contributed by atoms with Gasteiger partial charge < -0.3 is 14.7 Å². The molecule has 4 heteroatoms. The van der Waals surface area contributed by atoms with Crippen molar-refractivity contribution in [3.05, 3.63) is 53.6 Å². The van der Waals surface area contributed by atoms with Gasteiger partial charge in [0.15, 0.2) is 6.10 Å². The van der Waals surface area contributed by atoms with Crippen molar-refractivity contribution in [3.63, 3.8) is 0 Å². The number of aromatic hydroxyl groups is 1. The van der Waals surface area contributed by atoms with Crippen molar-refractivity contribution in [2.24, 2.45) is 0 Å². The highest BCUT2D eigenvalue weighted by molar-refractivity contribution is 6.00. The Labute approximate surface area is 142 Å². The summed E-state index contributed by atoms with van der Waals surface area (Å²) < 4.78 is 5.94. The summed E-state index contributed by atoms with van der Waals surface area (Å²) in [6.07, 6.45) is 1.92. The molecule has 1 aliphatic rings. The number of hydrogen-bond acceptors (Lipinski definition) is 3. The van der Waals surface area contributed by atoms with Gasteiger partial charge in [-0.15, -0.1) is 0 Å². The molecule has 2 aromatic carbocycles. The number of carbonyl (C=O) groups excluding carboxylic acids is 1. The van der Waals surface area contributed by atoms with Crippen LogP contribution in [0.25, 0.3) is 0 Å². The Morgan fingerprint density at radius 2 is 2.00 bits per heavy atom. The Bertz CT molecular complexity index is 741. The van der Waals surface area contributed by atoms with E-state index < -0.39 is 6.10 Å². The van der Waals surface area contributed by atoms with Crippen LogP contribution in [-0.4, -0.2) is 23.7 Å². The smallest absolute Gasteiger partial charge is 0.268 e. The highest BCUT2D eigenvalue weighted by Crippen LogP contribution is 2.37. The summed E-state index contributed by atoms with van der Waals surface area (Å²) in [4.78, 5) is 14.7. The van der Waals surface area contributed by atoms with Gasteiger partial charge in [-0.1, -0.05) is 37.6 Å². The normalized spacial score (nSPS) is 16.7. The molecule has 1 heterocycles. The number of phenolic OH excluding ortho intramolecular Hbond substituents is 1. The van der Waals surface area contributed by atoms with Crippen LogP contribution in [0.15, 0.2) is 42.5 Å². The third-order valence-electron chi connectivity index (χ3n) is 4.45. The predicted molar refractivity (Wildman–Crippen MR) is 94.7 cm³/mol. The van der Waals surface area contributed by atoms with Gasteiger partial charge in [-0.25, -0.2) is 0 Å². The third kappa shape index (κ3) is 3.23. The number of unbranched alkanes of at least 4 members (excludes halogenated alkanes) is 1. The van der Waals surface area contributed by atoms with Gasteiger partial charge in [-0.2, -0.15) is 0 Å². The SMILES string of the molecule is CCCCN1C(=O)C(Cc2ccccc2C)Oc2cc(O)ccc21. The molecular formula is C20H23NO3. The van der Waals surface area contributed by atoms with E-state index in [1.54, 1.807) is 23.1 Å². The van der Waals surface area contributed by atoms with Crippen LogP contribution in [0.5, 0.6) is 11.5 Å². The van der Waals surface area contributed by atoms with Crippen molar-refractivity contribution in [2.45, 2.75) is 39.2 Å². The number of hydrogen-bond donors (Lipinski definition) is 1. The average molecular weight is 325 g/mol. The quantitative estimate of drug-likeness (QED) is 0.909. The van der Waals surface area contributed by atoms with E-state index in [-0.39, 0.29) is 11.7 Å². The van der Waals surface area contributed by atoms with Crippen LogP contribution >= 0.6 is 0 Å². The number of amides is 1. The molecule has 0 fully saturated rings. The topological polar surface area (TPSA) is 49.8 Å². The number of nitrogens with zero attached hydrogens (tertiary/aromatic N) is 1. The summed E-state index contributed by atoms with van der Waals surface area (Å²) in [5.74, 6) is 0.711. The molecule has 1 aliphatic heterocycles. The number of aryl methyl sites for hydroxylation is 1. The molecule has 1 amide bonds. The summed E-state index contributed by atoms with van der Waals surface area (Å²) in [6.45, 7) is 4.81. The van der Waals surface area contributed by atoms with Crippen LogP contribution in [0, 0.1) is 6.92 Å². The van der Waals surface area contributed by atoms with Crippen molar-refractivity contribution in [2.75, 3.05) is 11.4 Å². The fourth-order valence-corrected chi connectivity index (χ4v) is 3.03. The molecule has 1 unspecified atom stereocenters. The molecule has 24 heavy (non-hydrogen) atoms. The molecule has 126 valence electrons. The van der Waals surface area contributed by atoms with Crippen molar-refractivity contribution < 1.29 is 14.6 Å². The second kappa shape index (κ2) is 6.95. The van der Waals surface area contributed by atoms with E-state index >= 15 is 0 Å². The Hall–Kier alpha value is -2.49. The zero-order valence-corrected chi connectivity index (χ0v) is 14.2. The van der Waals surface area contributed by atoms with E-state index in [0.29, 0.717) is 18.7 Å². The Morgan fingerprint density at radius 1 is 1.21 bits per heavy atom. The zero-order valence-electron chi connectivity index (χ0n) is 14.2. The number of ether oxygens (including phenoxy) is 1. The lowest BCUT2D eigenvalue weighted by Gasteiger charge is -2.34. The average Bonchev–Trinajstić information content (AvgIpc) is 2.57. The van der Waals surface area contributed by atoms with E-state index in [2.05, 4.69) is 6.92 Å². The van der Waals surface area contributed by atoms with Gasteiger partial charge in [0.1, 0.15) is 11.5 Å². The number of benzene rings is 2. The Kier molecular flexibility index (Phi) is 4.74. The van der Waals surface area contributed by atoms with Crippen molar-refractivity contribution >= 4 is 11.6 Å². The fraction of sp³-hybridized carbons (Fsp3) is 0.350. The van der Waals surface area contributed by atoms with Crippen LogP contribution in [-0.2, 0) is 11.2 Å². The van der Waals surface area contributed by atoms with Crippen molar-refractivity contribution in [1.29, 1.82) is 0 Å². The molecule has 1 atom stereocenters.